The summed E-state index contributed by atoms with van der Waals surface area (Å²) in [4.78, 5) is 25.0. The minimum absolute atomic E-state index is 0.674. The van der Waals surface area contributed by atoms with Gasteiger partial charge in [0.1, 0.15) is 0 Å². The van der Waals surface area contributed by atoms with Crippen LogP contribution in [0.5, 0.6) is 5.88 Å². The third-order valence-electron chi connectivity index (χ3n) is 5.06. The van der Waals surface area contributed by atoms with Crippen LogP contribution in [-0.4, -0.2) is 52.2 Å². The maximum absolute atomic E-state index is 9.10. The number of carbonyl (C=O) groups is 2. The monoisotopic (exact) mass is 426 g/mol. The van der Waals surface area contributed by atoms with E-state index in [-0.39, 0.29) is 0 Å². The molecule has 1 aliphatic rings. The number of aliphatic carboxylic acids is 2. The molecular weight excluding hydrogens is 396 g/mol. The Hall–Kier alpha value is -3.19. The molecule has 0 spiro atoms. The van der Waals surface area contributed by atoms with E-state index in [1.54, 1.807) is 13.3 Å². The molecule has 0 unspecified atom stereocenters. The van der Waals surface area contributed by atoms with Crippen molar-refractivity contribution >= 4 is 18.0 Å². The molecule has 3 rings (SSSR count). The molecule has 1 aliphatic heterocycles. The number of hydrogen-bond acceptors (Lipinski definition) is 5. The van der Waals surface area contributed by atoms with Crippen LogP contribution in [-0.2, 0) is 16.1 Å². The fourth-order valence-corrected chi connectivity index (χ4v) is 3.63. The second-order valence-electron chi connectivity index (χ2n) is 7.68. The largest absolute Gasteiger partial charge is 0.481 e. The van der Waals surface area contributed by atoms with Crippen molar-refractivity contribution in [3.05, 3.63) is 64.9 Å². The Kier molecular flexibility index (Phi) is 9.21. The Morgan fingerprint density at radius 1 is 1.13 bits per heavy atom. The third-order valence-corrected chi connectivity index (χ3v) is 5.06. The predicted molar refractivity (Wildman–Crippen MR) is 119 cm³/mol. The van der Waals surface area contributed by atoms with E-state index in [1.807, 2.05) is 6.07 Å². The van der Waals surface area contributed by atoms with Gasteiger partial charge in [-0.1, -0.05) is 47.5 Å². The molecule has 1 saturated heterocycles. The topological polar surface area (TPSA) is 100.0 Å². The first kappa shape index (κ1) is 24.1. The maximum Gasteiger partial charge on any atom is 0.414 e. The van der Waals surface area contributed by atoms with Crippen LogP contribution in [0.4, 0.5) is 0 Å². The molecule has 0 aliphatic carbocycles. The SMILES string of the molecule is COc1ncccc1CN1CCC(/C=C/c2cc(C)cc(C)c2)CC1.O=C(O)C(=O)O. The average Bonchev–Trinajstić information content (AvgIpc) is 2.73. The summed E-state index contributed by atoms with van der Waals surface area (Å²) in [6, 6.07) is 10.8. The van der Waals surface area contributed by atoms with E-state index in [2.05, 4.69) is 60.1 Å². The minimum Gasteiger partial charge on any atom is -0.481 e. The fraction of sp³-hybridized carbons (Fsp3) is 0.375. The van der Waals surface area contributed by atoms with Gasteiger partial charge in [0.2, 0.25) is 5.88 Å². The molecule has 2 heterocycles. The van der Waals surface area contributed by atoms with Crippen molar-refractivity contribution in [2.45, 2.75) is 33.2 Å². The van der Waals surface area contributed by atoms with Crippen LogP contribution >= 0.6 is 0 Å². The van der Waals surface area contributed by atoms with Crippen molar-refractivity contribution in [1.29, 1.82) is 0 Å². The Bertz CT molecular complexity index is 886. The number of ether oxygens (including phenoxy) is 1. The number of allylic oxidation sites excluding steroid dienone is 1. The second kappa shape index (κ2) is 11.9. The number of methoxy groups -OCH3 is 1. The van der Waals surface area contributed by atoms with E-state index in [0.717, 1.165) is 25.5 Å². The van der Waals surface area contributed by atoms with Gasteiger partial charge in [-0.05, 0) is 57.3 Å². The summed E-state index contributed by atoms with van der Waals surface area (Å²) >= 11 is 0. The molecule has 31 heavy (non-hydrogen) atoms. The highest BCUT2D eigenvalue weighted by Crippen LogP contribution is 2.23. The highest BCUT2D eigenvalue weighted by Gasteiger charge is 2.18. The van der Waals surface area contributed by atoms with E-state index >= 15 is 0 Å². The molecule has 0 radical (unpaired) electrons. The zero-order chi connectivity index (χ0) is 22.8. The normalized spacial score (nSPS) is 14.7. The number of piperidine rings is 1. The van der Waals surface area contributed by atoms with Gasteiger partial charge in [0.05, 0.1) is 7.11 Å². The highest BCUT2D eigenvalue weighted by molar-refractivity contribution is 6.27. The van der Waals surface area contributed by atoms with Gasteiger partial charge in [0, 0.05) is 18.3 Å². The van der Waals surface area contributed by atoms with Crippen LogP contribution in [0.2, 0.25) is 0 Å². The molecule has 0 amide bonds. The summed E-state index contributed by atoms with van der Waals surface area (Å²) < 4.78 is 5.37. The lowest BCUT2D eigenvalue weighted by Gasteiger charge is -2.30. The number of carboxylic acids is 2. The van der Waals surface area contributed by atoms with Crippen molar-refractivity contribution in [2.24, 2.45) is 5.92 Å². The lowest BCUT2D eigenvalue weighted by atomic mass is 9.95. The number of benzene rings is 1. The standard InChI is InChI=1S/C22H28N2O.C2H2O4/c1-17-13-18(2)15-20(14-17)7-6-19-8-11-24(12-9-19)16-21-5-4-10-23-22(21)25-3;3-1(4)2(5)6/h4-7,10,13-15,19H,8-9,11-12,16H2,1-3H3;(H,3,4)(H,5,6)/b7-6+;. The molecule has 7 heteroatoms. The maximum atomic E-state index is 9.10. The molecule has 1 aromatic carbocycles. The Labute approximate surface area is 183 Å². The lowest BCUT2D eigenvalue weighted by molar-refractivity contribution is -0.159. The zero-order valence-electron chi connectivity index (χ0n) is 18.2. The van der Waals surface area contributed by atoms with E-state index in [4.69, 9.17) is 24.5 Å². The fourth-order valence-electron chi connectivity index (χ4n) is 3.63. The summed E-state index contributed by atoms with van der Waals surface area (Å²) in [5.74, 6) is -2.22. The smallest absolute Gasteiger partial charge is 0.414 e. The van der Waals surface area contributed by atoms with Gasteiger partial charge < -0.3 is 14.9 Å². The molecule has 1 fully saturated rings. The summed E-state index contributed by atoms with van der Waals surface area (Å²) in [5.41, 5.74) is 5.16. The van der Waals surface area contributed by atoms with Crippen molar-refractivity contribution in [1.82, 2.24) is 9.88 Å². The number of pyridine rings is 1. The summed E-state index contributed by atoms with van der Waals surface area (Å²) in [6.45, 7) is 7.50. The molecule has 7 nitrogen and oxygen atoms in total. The number of rotatable bonds is 5. The van der Waals surface area contributed by atoms with E-state index in [0.29, 0.717) is 5.92 Å². The molecule has 0 atom stereocenters. The highest BCUT2D eigenvalue weighted by atomic mass is 16.5. The number of aryl methyl sites for hydroxylation is 2. The van der Waals surface area contributed by atoms with Gasteiger partial charge in [-0.3, -0.25) is 4.90 Å². The van der Waals surface area contributed by atoms with Gasteiger partial charge in [0.25, 0.3) is 0 Å². The third kappa shape index (κ3) is 8.22. The Morgan fingerprint density at radius 3 is 2.29 bits per heavy atom. The van der Waals surface area contributed by atoms with Gasteiger partial charge in [-0.2, -0.15) is 0 Å². The molecule has 2 N–H and O–H groups in total. The van der Waals surface area contributed by atoms with Gasteiger partial charge in [0.15, 0.2) is 0 Å². The Morgan fingerprint density at radius 2 is 1.74 bits per heavy atom. The lowest BCUT2D eigenvalue weighted by Crippen LogP contribution is -2.32. The number of likely N-dealkylation sites (tertiary alicyclic amines) is 1. The average molecular weight is 427 g/mol. The number of hydrogen-bond donors (Lipinski definition) is 2. The van der Waals surface area contributed by atoms with Gasteiger partial charge in [-0.25, -0.2) is 14.6 Å². The van der Waals surface area contributed by atoms with Crippen LogP contribution in [0.3, 0.4) is 0 Å². The first-order valence-corrected chi connectivity index (χ1v) is 10.2. The van der Waals surface area contributed by atoms with Crippen molar-refractivity contribution in [3.8, 4) is 5.88 Å². The van der Waals surface area contributed by atoms with E-state index in [1.165, 1.54) is 35.1 Å². The van der Waals surface area contributed by atoms with Crippen molar-refractivity contribution in [2.75, 3.05) is 20.2 Å². The first-order valence-electron chi connectivity index (χ1n) is 10.2. The quantitative estimate of drug-likeness (QED) is 0.702. The van der Waals surface area contributed by atoms with Crippen LogP contribution < -0.4 is 4.74 Å². The van der Waals surface area contributed by atoms with Crippen LogP contribution in [0.1, 0.15) is 35.1 Å². The molecular formula is C24H30N2O5. The molecule has 0 saturated carbocycles. The van der Waals surface area contributed by atoms with Crippen molar-refractivity contribution < 1.29 is 24.5 Å². The second-order valence-corrected chi connectivity index (χ2v) is 7.68. The van der Waals surface area contributed by atoms with Crippen molar-refractivity contribution in [3.63, 3.8) is 0 Å². The minimum atomic E-state index is -1.82. The van der Waals surface area contributed by atoms with Gasteiger partial charge >= 0.3 is 11.9 Å². The van der Waals surface area contributed by atoms with Crippen LogP contribution in [0.15, 0.2) is 42.6 Å². The summed E-state index contributed by atoms with van der Waals surface area (Å²) in [6.07, 6.45) is 8.90. The Balaban J connectivity index is 0.000000501. The summed E-state index contributed by atoms with van der Waals surface area (Å²) in [7, 11) is 1.69. The molecule has 1 aromatic heterocycles. The molecule has 2 aromatic rings. The predicted octanol–water partition coefficient (Wildman–Crippen LogP) is 3.79. The molecule has 0 bridgehead atoms. The van der Waals surface area contributed by atoms with Crippen LogP contribution in [0.25, 0.3) is 6.08 Å². The number of carboxylic acid groups (broad SMARTS) is 2. The zero-order valence-corrected chi connectivity index (χ0v) is 18.2. The first-order chi connectivity index (χ1) is 14.8. The number of nitrogens with zero attached hydrogens (tertiary/aromatic N) is 2. The van der Waals surface area contributed by atoms with Crippen LogP contribution in [0, 0.1) is 19.8 Å². The van der Waals surface area contributed by atoms with E-state index < -0.39 is 11.9 Å². The number of aromatic nitrogens is 1. The molecule has 166 valence electrons. The van der Waals surface area contributed by atoms with Gasteiger partial charge in [-0.15, -0.1) is 0 Å². The summed E-state index contributed by atoms with van der Waals surface area (Å²) in [5, 5.41) is 14.8. The van der Waals surface area contributed by atoms with E-state index in [9.17, 15) is 0 Å².